The summed E-state index contributed by atoms with van der Waals surface area (Å²) in [6.45, 7) is 5.36. The van der Waals surface area contributed by atoms with E-state index in [0.717, 1.165) is 23.4 Å². The number of benzene rings is 1. The van der Waals surface area contributed by atoms with Crippen molar-refractivity contribution < 1.29 is 9.13 Å². The van der Waals surface area contributed by atoms with Crippen molar-refractivity contribution in [1.29, 1.82) is 0 Å². The first-order chi connectivity index (χ1) is 10.1. The molecule has 2 aromatic rings. The normalized spacial score (nSPS) is 17.6. The Kier molecular flexibility index (Phi) is 3.88. The minimum atomic E-state index is -0.239. The predicted octanol–water partition coefficient (Wildman–Crippen LogP) is 2.61. The van der Waals surface area contributed by atoms with Gasteiger partial charge >= 0.3 is 0 Å². The third-order valence-electron chi connectivity index (χ3n) is 3.63. The average Bonchev–Trinajstić information content (AvgIpc) is 2.94. The third kappa shape index (κ3) is 3.05. The van der Waals surface area contributed by atoms with E-state index in [0.29, 0.717) is 19.2 Å². The van der Waals surface area contributed by atoms with E-state index in [1.807, 2.05) is 10.9 Å². The summed E-state index contributed by atoms with van der Waals surface area (Å²) in [6.07, 6.45) is 2.75. The molecule has 1 unspecified atom stereocenters. The largest absolute Gasteiger partial charge is 0.493 e. The van der Waals surface area contributed by atoms with Crippen LogP contribution in [0.1, 0.15) is 43.6 Å². The summed E-state index contributed by atoms with van der Waals surface area (Å²) in [6, 6.07) is 5.03. The lowest BCUT2D eigenvalue weighted by atomic mass is 10.0. The highest BCUT2D eigenvalue weighted by molar-refractivity contribution is 5.38. The fourth-order valence-corrected chi connectivity index (χ4v) is 2.45. The topological polar surface area (TPSA) is 52.0 Å². The molecule has 0 saturated heterocycles. The van der Waals surface area contributed by atoms with Crippen LogP contribution >= 0.6 is 0 Å². The van der Waals surface area contributed by atoms with Gasteiger partial charge in [0.1, 0.15) is 11.6 Å². The van der Waals surface area contributed by atoms with E-state index < -0.39 is 0 Å². The van der Waals surface area contributed by atoms with E-state index >= 15 is 0 Å². The van der Waals surface area contributed by atoms with E-state index in [-0.39, 0.29) is 11.9 Å². The highest BCUT2D eigenvalue weighted by Crippen LogP contribution is 2.32. The van der Waals surface area contributed by atoms with Crippen LogP contribution in [0.5, 0.6) is 5.75 Å². The Morgan fingerprint density at radius 1 is 1.48 bits per heavy atom. The van der Waals surface area contributed by atoms with Crippen LogP contribution in [0, 0.1) is 5.82 Å². The van der Waals surface area contributed by atoms with Gasteiger partial charge < -0.3 is 10.1 Å². The fourth-order valence-electron chi connectivity index (χ4n) is 2.45. The van der Waals surface area contributed by atoms with Crippen molar-refractivity contribution in [2.45, 2.75) is 38.9 Å². The Labute approximate surface area is 123 Å². The Morgan fingerprint density at radius 2 is 2.33 bits per heavy atom. The molecule has 5 nitrogen and oxygen atoms in total. The molecule has 1 aromatic carbocycles. The highest BCUT2D eigenvalue weighted by Gasteiger charge is 2.21. The number of hydrogen-bond donors (Lipinski definition) is 1. The summed E-state index contributed by atoms with van der Waals surface area (Å²) >= 11 is 0. The Balaban J connectivity index is 1.70. The molecular formula is C15H19FN4O. The molecular weight excluding hydrogens is 271 g/mol. The van der Waals surface area contributed by atoms with Crippen LogP contribution in [0.25, 0.3) is 0 Å². The monoisotopic (exact) mass is 290 g/mol. The maximum absolute atomic E-state index is 13.4. The number of rotatable bonds is 4. The van der Waals surface area contributed by atoms with Crippen LogP contribution < -0.4 is 10.1 Å². The Hall–Kier alpha value is -1.95. The summed E-state index contributed by atoms with van der Waals surface area (Å²) in [4.78, 5) is 0. The van der Waals surface area contributed by atoms with Gasteiger partial charge in [0.15, 0.2) is 0 Å². The molecule has 1 aromatic heterocycles. The molecule has 21 heavy (non-hydrogen) atoms. The summed E-state index contributed by atoms with van der Waals surface area (Å²) in [7, 11) is 0. The number of ether oxygens (including phenoxy) is 1. The second kappa shape index (κ2) is 5.81. The lowest BCUT2D eigenvalue weighted by molar-refractivity contribution is 0.251. The maximum Gasteiger partial charge on any atom is 0.124 e. The number of aromatic nitrogens is 3. The molecule has 1 N–H and O–H groups in total. The van der Waals surface area contributed by atoms with E-state index in [2.05, 4.69) is 29.5 Å². The molecule has 112 valence electrons. The maximum atomic E-state index is 13.4. The quantitative estimate of drug-likeness (QED) is 0.940. The standard InChI is InChI=1S/C15H19FN4O/c1-10(2)20-9-12(18-19-20)8-17-14-5-6-21-15-4-3-11(16)7-13(14)15/h3-4,7,9-10,14,17H,5-6,8H2,1-2H3. The van der Waals surface area contributed by atoms with E-state index in [1.165, 1.54) is 12.1 Å². The number of halogens is 1. The van der Waals surface area contributed by atoms with Gasteiger partial charge in [-0.2, -0.15) is 0 Å². The summed E-state index contributed by atoms with van der Waals surface area (Å²) in [5.74, 6) is 0.516. The van der Waals surface area contributed by atoms with Crippen molar-refractivity contribution in [3.05, 3.63) is 41.5 Å². The molecule has 0 saturated carbocycles. The minimum absolute atomic E-state index is 0.0775. The van der Waals surface area contributed by atoms with Gasteiger partial charge in [0, 0.05) is 30.6 Å². The zero-order valence-corrected chi connectivity index (χ0v) is 12.2. The molecule has 0 fully saturated rings. The molecule has 3 rings (SSSR count). The summed E-state index contributed by atoms with van der Waals surface area (Å²) < 4.78 is 20.8. The lowest BCUT2D eigenvalue weighted by Crippen LogP contribution is -2.27. The van der Waals surface area contributed by atoms with Gasteiger partial charge in [-0.1, -0.05) is 5.21 Å². The first kappa shape index (κ1) is 14.0. The Morgan fingerprint density at radius 3 is 3.10 bits per heavy atom. The van der Waals surface area contributed by atoms with Crippen LogP contribution in [0.2, 0.25) is 0 Å². The molecule has 0 aliphatic carbocycles. The van der Waals surface area contributed by atoms with Gasteiger partial charge in [-0.3, -0.25) is 0 Å². The SMILES string of the molecule is CC(C)n1cc(CNC2CCOc3ccc(F)cc32)nn1. The van der Waals surface area contributed by atoms with Crippen LogP contribution in [0.3, 0.4) is 0 Å². The van der Waals surface area contributed by atoms with Crippen molar-refractivity contribution in [3.63, 3.8) is 0 Å². The molecule has 0 spiro atoms. The molecule has 1 aliphatic rings. The van der Waals surface area contributed by atoms with Gasteiger partial charge in [0.25, 0.3) is 0 Å². The fraction of sp³-hybridized carbons (Fsp3) is 0.467. The second-order valence-corrected chi connectivity index (χ2v) is 5.54. The number of hydrogen-bond acceptors (Lipinski definition) is 4. The molecule has 0 amide bonds. The zero-order valence-electron chi connectivity index (χ0n) is 12.2. The van der Waals surface area contributed by atoms with Crippen LogP contribution in [0.4, 0.5) is 4.39 Å². The zero-order chi connectivity index (χ0) is 14.8. The lowest BCUT2D eigenvalue weighted by Gasteiger charge is -2.26. The van der Waals surface area contributed by atoms with Gasteiger partial charge in [0.05, 0.1) is 18.5 Å². The second-order valence-electron chi connectivity index (χ2n) is 5.54. The van der Waals surface area contributed by atoms with E-state index in [1.54, 1.807) is 6.07 Å². The van der Waals surface area contributed by atoms with Crippen LogP contribution in [-0.4, -0.2) is 21.6 Å². The average molecular weight is 290 g/mol. The van der Waals surface area contributed by atoms with Crippen molar-refractivity contribution in [2.75, 3.05) is 6.61 Å². The third-order valence-corrected chi connectivity index (χ3v) is 3.63. The van der Waals surface area contributed by atoms with Crippen LogP contribution in [-0.2, 0) is 6.54 Å². The van der Waals surface area contributed by atoms with Gasteiger partial charge in [-0.15, -0.1) is 5.10 Å². The summed E-state index contributed by atoms with van der Waals surface area (Å²) in [5.41, 5.74) is 1.76. The van der Waals surface area contributed by atoms with Gasteiger partial charge in [-0.05, 0) is 32.0 Å². The molecule has 2 heterocycles. The predicted molar refractivity (Wildman–Crippen MR) is 76.5 cm³/mol. The smallest absolute Gasteiger partial charge is 0.124 e. The first-order valence-corrected chi connectivity index (χ1v) is 7.20. The first-order valence-electron chi connectivity index (χ1n) is 7.20. The van der Waals surface area contributed by atoms with Gasteiger partial charge in [0.2, 0.25) is 0 Å². The Bertz CT molecular complexity index is 626. The number of nitrogens with zero attached hydrogens (tertiary/aromatic N) is 3. The van der Waals surface area contributed by atoms with Crippen molar-refractivity contribution >= 4 is 0 Å². The number of nitrogens with one attached hydrogen (secondary N) is 1. The van der Waals surface area contributed by atoms with Crippen LogP contribution in [0.15, 0.2) is 24.4 Å². The highest BCUT2D eigenvalue weighted by atomic mass is 19.1. The molecule has 0 radical (unpaired) electrons. The summed E-state index contributed by atoms with van der Waals surface area (Å²) in [5, 5.41) is 11.6. The molecule has 1 aliphatic heterocycles. The minimum Gasteiger partial charge on any atom is -0.493 e. The van der Waals surface area contributed by atoms with Crippen molar-refractivity contribution in [2.24, 2.45) is 0 Å². The molecule has 6 heteroatoms. The number of fused-ring (bicyclic) bond motifs is 1. The van der Waals surface area contributed by atoms with Crippen molar-refractivity contribution in [1.82, 2.24) is 20.3 Å². The van der Waals surface area contributed by atoms with E-state index in [4.69, 9.17) is 4.74 Å². The van der Waals surface area contributed by atoms with E-state index in [9.17, 15) is 4.39 Å². The molecule has 1 atom stereocenters. The van der Waals surface area contributed by atoms with Gasteiger partial charge in [-0.25, -0.2) is 9.07 Å². The molecule has 0 bridgehead atoms. The van der Waals surface area contributed by atoms with Crippen molar-refractivity contribution in [3.8, 4) is 5.75 Å².